The van der Waals surface area contributed by atoms with Gasteiger partial charge in [-0.1, -0.05) is 0 Å². The van der Waals surface area contributed by atoms with E-state index in [0.29, 0.717) is 12.5 Å². The number of thiophene rings is 2. The van der Waals surface area contributed by atoms with Gasteiger partial charge in [0.25, 0.3) is 0 Å². The first-order valence-electron chi connectivity index (χ1n) is 6.90. The summed E-state index contributed by atoms with van der Waals surface area (Å²) in [6, 6.07) is 4.06. The van der Waals surface area contributed by atoms with Crippen LogP contribution in [0, 0.1) is 0 Å². The van der Waals surface area contributed by atoms with E-state index in [2.05, 4.69) is 16.8 Å². The zero-order valence-corrected chi connectivity index (χ0v) is 13.3. The van der Waals surface area contributed by atoms with Crippen molar-refractivity contribution in [1.82, 2.24) is 5.32 Å². The predicted molar refractivity (Wildman–Crippen MR) is 89.7 cm³/mol. The number of hydrogen-bond acceptors (Lipinski definition) is 4. The van der Waals surface area contributed by atoms with Crippen LogP contribution in [-0.4, -0.2) is 24.2 Å². The number of amides is 1. The van der Waals surface area contributed by atoms with E-state index in [-0.39, 0.29) is 12.5 Å². The van der Waals surface area contributed by atoms with Crippen LogP contribution in [0.5, 0.6) is 0 Å². The molecule has 0 aliphatic carbocycles. The molecule has 0 saturated carbocycles. The second kappa shape index (κ2) is 8.77. The Labute approximate surface area is 133 Å². The second-order valence-electron chi connectivity index (χ2n) is 4.74. The number of aliphatic hydroxyl groups excluding tert-OH is 1. The van der Waals surface area contributed by atoms with Gasteiger partial charge in [-0.25, -0.2) is 0 Å². The molecule has 1 amide bonds. The lowest BCUT2D eigenvalue weighted by Crippen LogP contribution is -2.23. The average Bonchev–Trinajstić information content (AvgIpc) is 3.17. The van der Waals surface area contributed by atoms with Crippen molar-refractivity contribution in [1.29, 1.82) is 0 Å². The zero-order valence-electron chi connectivity index (χ0n) is 11.7. The lowest BCUT2D eigenvalue weighted by molar-refractivity contribution is -0.116. The van der Waals surface area contributed by atoms with Gasteiger partial charge in [-0.2, -0.15) is 22.7 Å². The van der Waals surface area contributed by atoms with Crippen LogP contribution < -0.4 is 5.32 Å². The smallest absolute Gasteiger partial charge is 0.243 e. The van der Waals surface area contributed by atoms with Gasteiger partial charge in [-0.3, -0.25) is 4.79 Å². The Morgan fingerprint density at radius 1 is 1.24 bits per heavy atom. The van der Waals surface area contributed by atoms with Gasteiger partial charge in [0.2, 0.25) is 5.91 Å². The quantitative estimate of drug-likeness (QED) is 0.731. The molecule has 0 aliphatic heterocycles. The summed E-state index contributed by atoms with van der Waals surface area (Å²) in [7, 11) is 0. The van der Waals surface area contributed by atoms with Crippen molar-refractivity contribution in [2.24, 2.45) is 0 Å². The maximum absolute atomic E-state index is 11.7. The summed E-state index contributed by atoms with van der Waals surface area (Å²) >= 11 is 3.27. The summed E-state index contributed by atoms with van der Waals surface area (Å²) in [5.41, 5.74) is 2.30. The van der Waals surface area contributed by atoms with Gasteiger partial charge < -0.3 is 10.4 Å². The van der Waals surface area contributed by atoms with Crippen LogP contribution in [-0.2, 0) is 4.79 Å². The van der Waals surface area contributed by atoms with E-state index in [1.807, 2.05) is 28.3 Å². The molecule has 0 aliphatic rings. The van der Waals surface area contributed by atoms with Crippen molar-refractivity contribution in [3.63, 3.8) is 0 Å². The van der Waals surface area contributed by atoms with Crippen LogP contribution >= 0.6 is 22.7 Å². The van der Waals surface area contributed by atoms with E-state index < -0.39 is 0 Å². The van der Waals surface area contributed by atoms with Crippen LogP contribution in [0.15, 0.2) is 39.7 Å². The molecule has 1 atom stereocenters. The number of aliphatic hydroxyl groups is 1. The van der Waals surface area contributed by atoms with Crippen molar-refractivity contribution in [2.45, 2.75) is 18.8 Å². The molecule has 21 heavy (non-hydrogen) atoms. The summed E-state index contributed by atoms with van der Waals surface area (Å²) in [6.45, 7) is 0.792. The van der Waals surface area contributed by atoms with Crippen LogP contribution in [0.2, 0.25) is 0 Å². The van der Waals surface area contributed by atoms with Crippen molar-refractivity contribution >= 4 is 34.7 Å². The average molecular weight is 321 g/mol. The molecule has 2 heterocycles. The molecule has 0 spiro atoms. The Hall–Kier alpha value is -1.43. The fourth-order valence-corrected chi connectivity index (χ4v) is 3.48. The predicted octanol–water partition coefficient (Wildman–Crippen LogP) is 3.50. The minimum atomic E-state index is -0.0748. The lowest BCUT2D eigenvalue weighted by atomic mass is 9.95. The lowest BCUT2D eigenvalue weighted by Gasteiger charge is -2.14. The molecule has 2 aromatic rings. The third-order valence-electron chi connectivity index (χ3n) is 3.25. The molecular formula is C16H19NO2S2. The van der Waals surface area contributed by atoms with E-state index >= 15 is 0 Å². The fourth-order valence-electron chi connectivity index (χ4n) is 2.11. The first-order chi connectivity index (χ1) is 10.3. The Morgan fingerprint density at radius 3 is 2.71 bits per heavy atom. The van der Waals surface area contributed by atoms with E-state index in [9.17, 15) is 4.79 Å². The standard InChI is InChI=1S/C16H19NO2S2/c18-8-4-14(15-6-10-21-12-15)3-7-17-16(19)2-1-13-5-9-20-11-13/h1-2,5-6,9-12,14,18H,3-4,7-8H2,(H,17,19)/b2-1+/t14-/m0/s1. The van der Waals surface area contributed by atoms with Crippen LogP contribution in [0.1, 0.15) is 29.9 Å². The molecule has 2 aromatic heterocycles. The molecule has 0 aromatic carbocycles. The summed E-state index contributed by atoms with van der Waals surface area (Å²) in [5, 5.41) is 20.2. The molecule has 2 rings (SSSR count). The van der Waals surface area contributed by atoms with Crippen molar-refractivity contribution in [3.05, 3.63) is 50.9 Å². The van der Waals surface area contributed by atoms with Gasteiger partial charge >= 0.3 is 0 Å². The second-order valence-corrected chi connectivity index (χ2v) is 6.30. The van der Waals surface area contributed by atoms with Crippen molar-refractivity contribution in [2.75, 3.05) is 13.2 Å². The molecule has 2 N–H and O–H groups in total. The molecule has 0 radical (unpaired) electrons. The van der Waals surface area contributed by atoms with Gasteiger partial charge in [0.1, 0.15) is 0 Å². The molecule has 5 heteroatoms. The number of rotatable bonds is 8. The van der Waals surface area contributed by atoms with E-state index in [1.54, 1.807) is 28.7 Å². The third-order valence-corrected chi connectivity index (χ3v) is 4.66. The highest BCUT2D eigenvalue weighted by atomic mass is 32.1. The highest BCUT2D eigenvalue weighted by Crippen LogP contribution is 2.24. The van der Waals surface area contributed by atoms with Gasteiger partial charge in [0.05, 0.1) is 0 Å². The monoisotopic (exact) mass is 321 g/mol. The largest absolute Gasteiger partial charge is 0.396 e. The highest BCUT2D eigenvalue weighted by molar-refractivity contribution is 7.08. The molecule has 0 saturated heterocycles. The summed E-state index contributed by atoms with van der Waals surface area (Å²) < 4.78 is 0. The number of carbonyl (C=O) groups excluding carboxylic acids is 1. The van der Waals surface area contributed by atoms with Crippen LogP contribution in [0.3, 0.4) is 0 Å². The Balaban J connectivity index is 1.75. The molecule has 112 valence electrons. The molecule has 0 fully saturated rings. The molecule has 0 unspecified atom stereocenters. The zero-order chi connectivity index (χ0) is 14.9. The summed E-state index contributed by atoms with van der Waals surface area (Å²) in [6.07, 6.45) is 4.95. The fraction of sp³-hybridized carbons (Fsp3) is 0.312. The molecule has 0 bridgehead atoms. The first-order valence-corrected chi connectivity index (χ1v) is 8.79. The van der Waals surface area contributed by atoms with E-state index in [4.69, 9.17) is 5.11 Å². The topological polar surface area (TPSA) is 49.3 Å². The first kappa shape index (κ1) is 15.9. The van der Waals surface area contributed by atoms with Crippen molar-refractivity contribution in [3.8, 4) is 0 Å². The van der Waals surface area contributed by atoms with Crippen molar-refractivity contribution < 1.29 is 9.90 Å². The maximum Gasteiger partial charge on any atom is 0.243 e. The van der Waals surface area contributed by atoms with E-state index in [1.165, 1.54) is 5.56 Å². The number of hydrogen-bond donors (Lipinski definition) is 2. The maximum atomic E-state index is 11.7. The number of carbonyl (C=O) groups is 1. The molecule has 3 nitrogen and oxygen atoms in total. The summed E-state index contributed by atoms with van der Waals surface area (Å²) in [4.78, 5) is 11.7. The van der Waals surface area contributed by atoms with Gasteiger partial charge in [-0.05, 0) is 69.6 Å². The SMILES string of the molecule is O=C(/C=C/c1ccsc1)NCC[C@@H](CCO)c1ccsc1. The normalized spacial score (nSPS) is 12.6. The van der Waals surface area contributed by atoms with Gasteiger partial charge in [-0.15, -0.1) is 0 Å². The van der Waals surface area contributed by atoms with Gasteiger partial charge in [0.15, 0.2) is 0 Å². The Morgan fingerprint density at radius 2 is 2.05 bits per heavy atom. The van der Waals surface area contributed by atoms with E-state index in [0.717, 1.165) is 18.4 Å². The minimum absolute atomic E-state index is 0.0748. The van der Waals surface area contributed by atoms with Crippen LogP contribution in [0.4, 0.5) is 0 Å². The van der Waals surface area contributed by atoms with Gasteiger partial charge in [0, 0.05) is 19.2 Å². The molecular weight excluding hydrogens is 302 g/mol. The number of nitrogens with one attached hydrogen (secondary N) is 1. The summed E-state index contributed by atoms with van der Waals surface area (Å²) in [5.74, 6) is 0.233. The Kier molecular flexibility index (Phi) is 6.66. The highest BCUT2D eigenvalue weighted by Gasteiger charge is 2.11. The Bertz CT molecular complexity index is 547. The third kappa shape index (κ3) is 5.46. The van der Waals surface area contributed by atoms with Crippen LogP contribution in [0.25, 0.3) is 6.08 Å². The minimum Gasteiger partial charge on any atom is -0.396 e.